The van der Waals surface area contributed by atoms with Crippen LogP contribution in [0.5, 0.6) is 0 Å². The van der Waals surface area contributed by atoms with E-state index in [4.69, 9.17) is 11.6 Å². The summed E-state index contributed by atoms with van der Waals surface area (Å²) in [6.45, 7) is 4.62. The van der Waals surface area contributed by atoms with Gasteiger partial charge < -0.3 is 10.2 Å². The number of nitrogens with one attached hydrogen (secondary N) is 1. The predicted octanol–water partition coefficient (Wildman–Crippen LogP) is 1.92. The molecule has 0 amide bonds. The highest BCUT2D eigenvalue weighted by Gasteiger charge is 2.04. The molecule has 0 fully saturated rings. The fraction of sp³-hybridized carbons (Fsp3) is 0.375. The maximum absolute atomic E-state index is 5.71. The lowest BCUT2D eigenvalue weighted by atomic mass is 10.5. The summed E-state index contributed by atoms with van der Waals surface area (Å²) in [5.74, 6) is 0.879. The van der Waals surface area contributed by atoms with Crippen molar-refractivity contribution in [3.05, 3.63) is 27.9 Å². The van der Waals surface area contributed by atoms with E-state index in [1.54, 1.807) is 6.20 Å². The summed E-state index contributed by atoms with van der Waals surface area (Å²) in [6.07, 6.45) is 1.78. The fourth-order valence-corrected chi connectivity index (χ4v) is 1.91. The number of hydrogen-bond acceptors (Lipinski definition) is 4. The van der Waals surface area contributed by atoms with Gasteiger partial charge in [-0.1, -0.05) is 18.2 Å². The Morgan fingerprint density at radius 1 is 1.85 bits per heavy atom. The lowest BCUT2D eigenvalue weighted by Crippen LogP contribution is -2.24. The normalized spacial score (nSPS) is 9.77. The first-order chi connectivity index (χ1) is 6.13. The van der Waals surface area contributed by atoms with E-state index in [0.717, 1.165) is 17.2 Å². The highest BCUT2D eigenvalue weighted by molar-refractivity contribution is 7.15. The van der Waals surface area contributed by atoms with E-state index in [9.17, 15) is 0 Å². The largest absolute Gasteiger partial charge is 0.375 e. The van der Waals surface area contributed by atoms with Crippen molar-refractivity contribution in [1.29, 1.82) is 0 Å². The number of rotatable bonds is 4. The number of thiazole rings is 1. The molecule has 1 aromatic heterocycles. The minimum absolute atomic E-state index is 0.582. The zero-order chi connectivity index (χ0) is 9.84. The average Bonchev–Trinajstić information content (AvgIpc) is 2.49. The summed E-state index contributed by atoms with van der Waals surface area (Å²) in [6, 6.07) is 0. The quantitative estimate of drug-likeness (QED) is 0.836. The second-order valence-electron chi connectivity index (χ2n) is 2.63. The summed E-state index contributed by atoms with van der Waals surface area (Å²) < 4.78 is 0.582. The molecular formula is C8H12ClN3S. The summed E-state index contributed by atoms with van der Waals surface area (Å²) in [5, 5.41) is 2.97. The first kappa shape index (κ1) is 10.3. The van der Waals surface area contributed by atoms with E-state index in [2.05, 4.69) is 16.9 Å². The summed E-state index contributed by atoms with van der Waals surface area (Å²) in [5.41, 5.74) is 0. The molecule has 0 spiro atoms. The van der Waals surface area contributed by atoms with Gasteiger partial charge in [-0.3, -0.25) is 0 Å². The third-order valence-corrected chi connectivity index (χ3v) is 2.77. The van der Waals surface area contributed by atoms with Gasteiger partial charge in [-0.2, -0.15) is 0 Å². The molecule has 3 nitrogen and oxygen atoms in total. The minimum Gasteiger partial charge on any atom is -0.375 e. The Bertz CT molecular complexity index is 297. The second kappa shape index (κ2) is 4.48. The van der Waals surface area contributed by atoms with Gasteiger partial charge in [0, 0.05) is 25.2 Å². The van der Waals surface area contributed by atoms with Crippen molar-refractivity contribution in [3.63, 3.8) is 0 Å². The Morgan fingerprint density at radius 2 is 2.54 bits per heavy atom. The smallest absolute Gasteiger partial charge is 0.183 e. The average molecular weight is 218 g/mol. The van der Waals surface area contributed by atoms with Crippen molar-refractivity contribution < 1.29 is 0 Å². The van der Waals surface area contributed by atoms with Gasteiger partial charge in [0.1, 0.15) is 0 Å². The number of aromatic nitrogens is 1. The SMILES string of the molecule is C=C(NC)N(C)Cc1cnc(Cl)s1. The lowest BCUT2D eigenvalue weighted by molar-refractivity contribution is 0.391. The highest BCUT2D eigenvalue weighted by atomic mass is 35.5. The molecule has 1 N–H and O–H groups in total. The molecule has 0 atom stereocenters. The molecule has 0 unspecified atom stereocenters. The summed E-state index contributed by atoms with van der Waals surface area (Å²) >= 11 is 7.20. The molecule has 13 heavy (non-hydrogen) atoms. The van der Waals surface area contributed by atoms with Gasteiger partial charge in [-0.05, 0) is 0 Å². The third kappa shape index (κ3) is 2.90. The van der Waals surface area contributed by atoms with Crippen LogP contribution in [0, 0.1) is 0 Å². The van der Waals surface area contributed by atoms with Crippen molar-refractivity contribution in [2.24, 2.45) is 0 Å². The van der Waals surface area contributed by atoms with Crippen LogP contribution in [0.3, 0.4) is 0 Å². The molecule has 0 saturated carbocycles. The zero-order valence-corrected chi connectivity index (χ0v) is 9.24. The van der Waals surface area contributed by atoms with E-state index < -0.39 is 0 Å². The Kier molecular flexibility index (Phi) is 3.57. The lowest BCUT2D eigenvalue weighted by Gasteiger charge is -2.19. The van der Waals surface area contributed by atoms with Gasteiger partial charge in [-0.25, -0.2) is 4.98 Å². The minimum atomic E-state index is 0.582. The molecular weight excluding hydrogens is 206 g/mol. The molecule has 5 heteroatoms. The van der Waals surface area contributed by atoms with Crippen molar-refractivity contribution in [2.45, 2.75) is 6.54 Å². The zero-order valence-electron chi connectivity index (χ0n) is 7.67. The van der Waals surface area contributed by atoms with Crippen LogP contribution in [0.4, 0.5) is 0 Å². The van der Waals surface area contributed by atoms with Crippen LogP contribution in [-0.2, 0) is 6.54 Å². The number of halogens is 1. The first-order valence-electron chi connectivity index (χ1n) is 3.81. The maximum atomic E-state index is 5.71. The van der Waals surface area contributed by atoms with Crippen LogP contribution in [0.2, 0.25) is 4.47 Å². The van der Waals surface area contributed by atoms with Crippen LogP contribution in [0.25, 0.3) is 0 Å². The first-order valence-corrected chi connectivity index (χ1v) is 5.01. The molecule has 1 aromatic rings. The molecule has 72 valence electrons. The predicted molar refractivity (Wildman–Crippen MR) is 56.8 cm³/mol. The van der Waals surface area contributed by atoms with Gasteiger partial charge >= 0.3 is 0 Å². The van der Waals surface area contributed by atoms with Crippen LogP contribution >= 0.6 is 22.9 Å². The molecule has 0 aliphatic carbocycles. The second-order valence-corrected chi connectivity index (χ2v) is 4.33. The Morgan fingerprint density at radius 3 is 3.00 bits per heavy atom. The molecule has 0 aromatic carbocycles. The molecule has 0 aliphatic rings. The topological polar surface area (TPSA) is 28.2 Å². The van der Waals surface area contributed by atoms with E-state index in [0.29, 0.717) is 4.47 Å². The highest BCUT2D eigenvalue weighted by Crippen LogP contribution is 2.19. The number of nitrogens with zero attached hydrogens (tertiary/aromatic N) is 2. The van der Waals surface area contributed by atoms with Gasteiger partial charge in [-0.15, -0.1) is 11.3 Å². The van der Waals surface area contributed by atoms with E-state index in [1.165, 1.54) is 11.3 Å². The molecule has 1 rings (SSSR count). The van der Waals surface area contributed by atoms with Crippen molar-refractivity contribution in [3.8, 4) is 0 Å². The van der Waals surface area contributed by atoms with Crippen LogP contribution in [0.1, 0.15) is 4.88 Å². The van der Waals surface area contributed by atoms with Crippen molar-refractivity contribution in [1.82, 2.24) is 15.2 Å². The number of hydrogen-bond donors (Lipinski definition) is 1. The molecule has 1 heterocycles. The molecule has 0 bridgehead atoms. The summed E-state index contributed by atoms with van der Waals surface area (Å²) in [4.78, 5) is 7.09. The monoisotopic (exact) mass is 217 g/mol. The van der Waals surface area contributed by atoms with Crippen molar-refractivity contribution in [2.75, 3.05) is 14.1 Å². The Balaban J connectivity index is 2.54. The third-order valence-electron chi connectivity index (χ3n) is 1.67. The van der Waals surface area contributed by atoms with Crippen LogP contribution < -0.4 is 5.32 Å². The van der Waals surface area contributed by atoms with Gasteiger partial charge in [0.25, 0.3) is 0 Å². The Labute approximate surface area is 87.0 Å². The Hall–Kier alpha value is -0.740. The standard InChI is InChI=1S/C8H12ClN3S/c1-6(10-2)12(3)5-7-4-11-8(9)13-7/h4,10H,1,5H2,2-3H3. The molecule has 0 radical (unpaired) electrons. The van der Waals surface area contributed by atoms with E-state index >= 15 is 0 Å². The van der Waals surface area contributed by atoms with Gasteiger partial charge in [0.2, 0.25) is 0 Å². The van der Waals surface area contributed by atoms with Crippen molar-refractivity contribution >= 4 is 22.9 Å². The van der Waals surface area contributed by atoms with Gasteiger partial charge in [0.15, 0.2) is 4.47 Å². The van der Waals surface area contributed by atoms with Gasteiger partial charge in [0.05, 0.1) is 12.4 Å². The molecule has 0 saturated heterocycles. The van der Waals surface area contributed by atoms with Crippen LogP contribution in [0.15, 0.2) is 18.6 Å². The van der Waals surface area contributed by atoms with Crippen LogP contribution in [-0.4, -0.2) is 24.0 Å². The molecule has 0 aliphatic heterocycles. The maximum Gasteiger partial charge on any atom is 0.183 e. The summed E-state index contributed by atoms with van der Waals surface area (Å²) in [7, 11) is 3.81. The fourth-order valence-electron chi connectivity index (χ4n) is 0.877. The van der Waals surface area contributed by atoms with E-state index in [1.807, 2.05) is 19.0 Å². The van der Waals surface area contributed by atoms with E-state index in [-0.39, 0.29) is 0 Å².